The van der Waals surface area contributed by atoms with Gasteiger partial charge in [-0.3, -0.25) is 4.79 Å². The number of aryl methyl sites for hydroxylation is 1. The standard InChI is InChI=1S/C19H16F5NO3/c20-15-3-2-13(28-19(22,23)24)9-17(15)25-6-5-12-7-11(1-4-18(26)27)8-16(21)14(12)10-25/h2-3,7-9H,1,4-6,10H2,(H,26,27). The Morgan fingerprint density at radius 3 is 2.57 bits per heavy atom. The molecule has 28 heavy (non-hydrogen) atoms. The minimum absolute atomic E-state index is 0.0211. The fraction of sp³-hybridized carbons (Fsp3) is 0.316. The molecule has 0 atom stereocenters. The molecule has 3 rings (SSSR count). The topological polar surface area (TPSA) is 49.8 Å². The van der Waals surface area contributed by atoms with Crippen molar-refractivity contribution >= 4 is 11.7 Å². The maximum Gasteiger partial charge on any atom is 0.573 e. The summed E-state index contributed by atoms with van der Waals surface area (Å²) in [5.41, 5.74) is 1.44. The molecule has 150 valence electrons. The van der Waals surface area contributed by atoms with Gasteiger partial charge in [0, 0.05) is 31.1 Å². The third-order valence-electron chi connectivity index (χ3n) is 4.47. The van der Waals surface area contributed by atoms with Crippen LogP contribution in [0.3, 0.4) is 0 Å². The van der Waals surface area contributed by atoms with Crippen molar-refractivity contribution < 1.29 is 36.6 Å². The van der Waals surface area contributed by atoms with Crippen LogP contribution in [-0.4, -0.2) is 24.0 Å². The minimum atomic E-state index is -4.90. The Labute approximate surface area is 157 Å². The second-order valence-corrected chi connectivity index (χ2v) is 6.44. The number of hydrogen-bond donors (Lipinski definition) is 1. The Hall–Kier alpha value is -2.84. The molecule has 0 aliphatic carbocycles. The molecule has 1 N–H and O–H groups in total. The monoisotopic (exact) mass is 401 g/mol. The van der Waals surface area contributed by atoms with E-state index in [1.54, 1.807) is 6.07 Å². The highest BCUT2D eigenvalue weighted by molar-refractivity contribution is 5.67. The largest absolute Gasteiger partial charge is 0.573 e. The lowest BCUT2D eigenvalue weighted by Gasteiger charge is -2.31. The first-order valence-corrected chi connectivity index (χ1v) is 8.44. The number of hydrogen-bond acceptors (Lipinski definition) is 3. The van der Waals surface area contributed by atoms with E-state index in [2.05, 4.69) is 4.74 Å². The Kier molecular flexibility index (Phi) is 5.44. The van der Waals surface area contributed by atoms with Crippen molar-refractivity contribution in [2.45, 2.75) is 32.2 Å². The van der Waals surface area contributed by atoms with E-state index in [0.717, 1.165) is 18.2 Å². The quantitative estimate of drug-likeness (QED) is 0.753. The zero-order chi connectivity index (χ0) is 20.5. The fourth-order valence-electron chi connectivity index (χ4n) is 3.21. The van der Waals surface area contributed by atoms with Gasteiger partial charge in [-0.1, -0.05) is 6.07 Å². The van der Waals surface area contributed by atoms with Crippen LogP contribution in [0.4, 0.5) is 27.6 Å². The van der Waals surface area contributed by atoms with E-state index in [1.165, 1.54) is 11.0 Å². The molecule has 0 bridgehead atoms. The first-order valence-electron chi connectivity index (χ1n) is 8.44. The maximum atomic E-state index is 14.5. The molecule has 2 aromatic carbocycles. The van der Waals surface area contributed by atoms with E-state index in [4.69, 9.17) is 5.11 Å². The molecule has 0 amide bonds. The van der Waals surface area contributed by atoms with E-state index in [0.29, 0.717) is 23.1 Å². The average molecular weight is 401 g/mol. The number of anilines is 1. The van der Waals surface area contributed by atoms with Gasteiger partial charge in [0.2, 0.25) is 0 Å². The van der Waals surface area contributed by atoms with E-state index in [-0.39, 0.29) is 31.6 Å². The van der Waals surface area contributed by atoms with Crippen LogP contribution in [0.25, 0.3) is 0 Å². The summed E-state index contributed by atoms with van der Waals surface area (Å²) >= 11 is 0. The van der Waals surface area contributed by atoms with Gasteiger partial charge in [-0.15, -0.1) is 13.2 Å². The number of benzene rings is 2. The zero-order valence-corrected chi connectivity index (χ0v) is 14.5. The summed E-state index contributed by atoms with van der Waals surface area (Å²) in [6, 6.07) is 5.65. The number of halogens is 5. The number of nitrogens with zero attached hydrogens (tertiary/aromatic N) is 1. The van der Waals surface area contributed by atoms with Crippen LogP contribution >= 0.6 is 0 Å². The molecule has 0 spiro atoms. The predicted molar refractivity (Wildman–Crippen MR) is 90.2 cm³/mol. The number of alkyl halides is 3. The molecular weight excluding hydrogens is 385 g/mol. The van der Waals surface area contributed by atoms with Gasteiger partial charge in [-0.2, -0.15) is 0 Å². The SMILES string of the molecule is O=C(O)CCc1cc(F)c2c(c1)CCN(c1cc(OC(F)(F)F)ccc1F)C2. The average Bonchev–Trinajstić information content (AvgIpc) is 2.60. The van der Waals surface area contributed by atoms with Crippen LogP contribution in [0.1, 0.15) is 23.1 Å². The maximum absolute atomic E-state index is 14.5. The minimum Gasteiger partial charge on any atom is -0.481 e. The Balaban J connectivity index is 1.83. The van der Waals surface area contributed by atoms with Crippen molar-refractivity contribution in [1.82, 2.24) is 0 Å². The molecule has 0 saturated carbocycles. The molecule has 1 aliphatic rings. The van der Waals surface area contributed by atoms with Gasteiger partial charge < -0.3 is 14.7 Å². The Bertz CT molecular complexity index is 898. The fourth-order valence-corrected chi connectivity index (χ4v) is 3.21. The second-order valence-electron chi connectivity index (χ2n) is 6.44. The van der Waals surface area contributed by atoms with Crippen LogP contribution in [0.2, 0.25) is 0 Å². The van der Waals surface area contributed by atoms with Gasteiger partial charge in [0.1, 0.15) is 17.4 Å². The summed E-state index contributed by atoms with van der Waals surface area (Å²) in [4.78, 5) is 12.1. The van der Waals surface area contributed by atoms with Crippen molar-refractivity contribution in [3.05, 3.63) is 58.7 Å². The lowest BCUT2D eigenvalue weighted by atomic mass is 9.94. The number of carboxylic acids is 1. The van der Waals surface area contributed by atoms with Crippen molar-refractivity contribution in [1.29, 1.82) is 0 Å². The lowest BCUT2D eigenvalue weighted by molar-refractivity contribution is -0.274. The highest BCUT2D eigenvalue weighted by Gasteiger charge is 2.32. The third kappa shape index (κ3) is 4.71. The van der Waals surface area contributed by atoms with E-state index in [9.17, 15) is 26.7 Å². The van der Waals surface area contributed by atoms with Gasteiger partial charge in [0.25, 0.3) is 0 Å². The number of rotatable bonds is 5. The van der Waals surface area contributed by atoms with Crippen LogP contribution in [0.5, 0.6) is 5.75 Å². The van der Waals surface area contributed by atoms with E-state index in [1.807, 2.05) is 0 Å². The molecule has 0 saturated heterocycles. The highest BCUT2D eigenvalue weighted by Crippen LogP contribution is 2.33. The molecular formula is C19H16F5NO3. The van der Waals surface area contributed by atoms with E-state index < -0.39 is 29.7 Å². The summed E-state index contributed by atoms with van der Waals surface area (Å²) < 4.78 is 69.7. The number of carbonyl (C=O) groups is 1. The number of ether oxygens (including phenoxy) is 1. The molecule has 1 aliphatic heterocycles. The Morgan fingerprint density at radius 2 is 1.89 bits per heavy atom. The number of carboxylic acid groups (broad SMARTS) is 1. The summed E-state index contributed by atoms with van der Waals surface area (Å²) in [5.74, 6) is -2.83. The van der Waals surface area contributed by atoms with Gasteiger partial charge in [-0.05, 0) is 42.2 Å². The van der Waals surface area contributed by atoms with Crippen LogP contribution < -0.4 is 9.64 Å². The van der Waals surface area contributed by atoms with Crippen molar-refractivity contribution in [3.63, 3.8) is 0 Å². The summed E-state index contributed by atoms with van der Waals surface area (Å²) in [6.07, 6.45) is -4.49. The van der Waals surface area contributed by atoms with Crippen LogP contribution in [0.15, 0.2) is 30.3 Å². The van der Waals surface area contributed by atoms with Crippen molar-refractivity contribution in [2.24, 2.45) is 0 Å². The normalized spacial score (nSPS) is 14.0. The third-order valence-corrected chi connectivity index (χ3v) is 4.47. The smallest absolute Gasteiger partial charge is 0.481 e. The van der Waals surface area contributed by atoms with Crippen molar-refractivity contribution in [2.75, 3.05) is 11.4 Å². The summed E-state index contributed by atoms with van der Waals surface area (Å²) in [5, 5.41) is 8.75. The van der Waals surface area contributed by atoms with Gasteiger partial charge in [0.05, 0.1) is 5.69 Å². The zero-order valence-electron chi connectivity index (χ0n) is 14.5. The van der Waals surface area contributed by atoms with Gasteiger partial charge in [0.15, 0.2) is 0 Å². The number of fused-ring (bicyclic) bond motifs is 1. The first-order chi connectivity index (χ1) is 13.1. The van der Waals surface area contributed by atoms with Gasteiger partial charge in [-0.25, -0.2) is 8.78 Å². The van der Waals surface area contributed by atoms with Crippen molar-refractivity contribution in [3.8, 4) is 5.75 Å². The molecule has 0 radical (unpaired) electrons. The first kappa shape index (κ1) is 19.9. The molecule has 0 fully saturated rings. The molecule has 1 heterocycles. The Morgan fingerprint density at radius 1 is 1.14 bits per heavy atom. The molecule has 9 heteroatoms. The highest BCUT2D eigenvalue weighted by atomic mass is 19.4. The molecule has 2 aromatic rings. The van der Waals surface area contributed by atoms with Crippen LogP contribution in [-0.2, 0) is 24.2 Å². The molecule has 4 nitrogen and oxygen atoms in total. The number of aliphatic carboxylic acids is 1. The van der Waals surface area contributed by atoms with Gasteiger partial charge >= 0.3 is 12.3 Å². The van der Waals surface area contributed by atoms with E-state index >= 15 is 0 Å². The summed E-state index contributed by atoms with van der Waals surface area (Å²) in [7, 11) is 0. The molecule has 0 unspecified atom stereocenters. The molecule has 0 aromatic heterocycles. The second kappa shape index (κ2) is 7.65. The summed E-state index contributed by atoms with van der Waals surface area (Å²) in [6.45, 7) is 0.244. The predicted octanol–water partition coefficient (Wildman–Crippen LogP) is 4.44. The van der Waals surface area contributed by atoms with Crippen LogP contribution in [0, 0.1) is 11.6 Å². The lowest BCUT2D eigenvalue weighted by Crippen LogP contribution is -2.32.